The Morgan fingerprint density at radius 2 is 2.38 bits per heavy atom. The lowest BCUT2D eigenvalue weighted by Crippen LogP contribution is -2.26. The molecule has 0 aromatic carbocycles. The average molecular weight is 225 g/mol. The lowest BCUT2D eigenvalue weighted by Gasteiger charge is -2.11. The molecule has 2 N–H and O–H groups in total. The van der Waals surface area contributed by atoms with Crippen molar-refractivity contribution < 1.29 is 5.11 Å². The Hall–Kier alpha value is -1.36. The van der Waals surface area contributed by atoms with Crippen LogP contribution in [0.2, 0.25) is 0 Å². The highest BCUT2D eigenvalue weighted by Crippen LogP contribution is 1.97. The molecule has 1 unspecified atom stereocenters. The smallest absolute Gasteiger partial charge is 0.293 e. The number of aliphatic hydroxyl groups excluding tert-OH is 1. The maximum absolute atomic E-state index is 11.8. The summed E-state index contributed by atoms with van der Waals surface area (Å²) in [6, 6.07) is 0. The monoisotopic (exact) mass is 225 g/mol. The second kappa shape index (κ2) is 6.27. The van der Waals surface area contributed by atoms with Crippen molar-refractivity contribution in [1.82, 2.24) is 9.55 Å². The van der Waals surface area contributed by atoms with E-state index in [0.717, 1.165) is 6.42 Å². The molecule has 1 aromatic heterocycles. The van der Waals surface area contributed by atoms with Gasteiger partial charge in [-0.05, 0) is 12.3 Å². The van der Waals surface area contributed by atoms with Crippen molar-refractivity contribution in [2.24, 2.45) is 5.92 Å². The van der Waals surface area contributed by atoms with Gasteiger partial charge in [-0.25, -0.2) is 4.98 Å². The molecule has 0 aliphatic heterocycles. The molecule has 16 heavy (non-hydrogen) atoms. The number of anilines is 1. The summed E-state index contributed by atoms with van der Waals surface area (Å²) >= 11 is 0. The molecule has 1 heterocycles. The predicted molar refractivity (Wildman–Crippen MR) is 63.5 cm³/mol. The number of aromatic nitrogens is 2. The quantitative estimate of drug-likeness (QED) is 0.747. The summed E-state index contributed by atoms with van der Waals surface area (Å²) in [6.07, 6.45) is 4.21. The van der Waals surface area contributed by atoms with Crippen LogP contribution < -0.4 is 10.9 Å². The van der Waals surface area contributed by atoms with Crippen molar-refractivity contribution in [3.05, 3.63) is 22.7 Å². The standard InChI is InChI=1S/C11H19N3O2/c1-3-5-14-6-4-12-10(11(14)16)13-7-9(2)8-15/h4,6,9,15H,3,5,7-8H2,1-2H3,(H,12,13). The van der Waals surface area contributed by atoms with E-state index in [1.54, 1.807) is 17.0 Å². The highest BCUT2D eigenvalue weighted by molar-refractivity contribution is 5.30. The van der Waals surface area contributed by atoms with Gasteiger partial charge in [-0.3, -0.25) is 4.79 Å². The molecular formula is C11H19N3O2. The van der Waals surface area contributed by atoms with Gasteiger partial charge < -0.3 is 15.0 Å². The van der Waals surface area contributed by atoms with Gasteiger partial charge in [0.05, 0.1) is 0 Å². The van der Waals surface area contributed by atoms with E-state index in [2.05, 4.69) is 10.3 Å². The number of hydrogen-bond acceptors (Lipinski definition) is 4. The van der Waals surface area contributed by atoms with E-state index < -0.39 is 0 Å². The molecule has 0 saturated carbocycles. The molecule has 1 rings (SSSR count). The Morgan fingerprint density at radius 3 is 3.00 bits per heavy atom. The number of aryl methyl sites for hydroxylation is 1. The zero-order valence-electron chi connectivity index (χ0n) is 9.81. The van der Waals surface area contributed by atoms with E-state index in [4.69, 9.17) is 5.11 Å². The molecule has 0 aliphatic carbocycles. The van der Waals surface area contributed by atoms with E-state index in [-0.39, 0.29) is 18.1 Å². The largest absolute Gasteiger partial charge is 0.396 e. The van der Waals surface area contributed by atoms with Crippen molar-refractivity contribution >= 4 is 5.82 Å². The predicted octanol–water partition coefficient (Wildman–Crippen LogP) is 0.694. The lowest BCUT2D eigenvalue weighted by atomic mass is 10.2. The van der Waals surface area contributed by atoms with Crippen molar-refractivity contribution in [2.75, 3.05) is 18.5 Å². The molecule has 0 bridgehead atoms. The topological polar surface area (TPSA) is 67.2 Å². The molecule has 0 fully saturated rings. The molecule has 0 radical (unpaired) electrons. The number of aliphatic hydroxyl groups is 1. The Balaban J connectivity index is 2.73. The molecule has 0 spiro atoms. The van der Waals surface area contributed by atoms with Crippen molar-refractivity contribution in [1.29, 1.82) is 0 Å². The number of nitrogens with zero attached hydrogens (tertiary/aromatic N) is 2. The van der Waals surface area contributed by atoms with Crippen molar-refractivity contribution in [2.45, 2.75) is 26.8 Å². The van der Waals surface area contributed by atoms with Crippen LogP contribution in [0.3, 0.4) is 0 Å². The van der Waals surface area contributed by atoms with E-state index in [9.17, 15) is 4.79 Å². The summed E-state index contributed by atoms with van der Waals surface area (Å²) in [5.41, 5.74) is -0.102. The van der Waals surface area contributed by atoms with Gasteiger partial charge in [-0.2, -0.15) is 0 Å². The second-order valence-electron chi connectivity index (χ2n) is 3.94. The highest BCUT2D eigenvalue weighted by atomic mass is 16.3. The zero-order valence-corrected chi connectivity index (χ0v) is 9.81. The van der Waals surface area contributed by atoms with Crippen LogP contribution in [0.4, 0.5) is 5.82 Å². The van der Waals surface area contributed by atoms with E-state index >= 15 is 0 Å². The molecule has 1 aromatic rings. The van der Waals surface area contributed by atoms with Crippen LogP contribution in [0.1, 0.15) is 20.3 Å². The maximum Gasteiger partial charge on any atom is 0.293 e. The third-order valence-electron chi connectivity index (χ3n) is 2.31. The van der Waals surface area contributed by atoms with Crippen LogP contribution in [0.5, 0.6) is 0 Å². The SMILES string of the molecule is CCCn1ccnc(NCC(C)CO)c1=O. The minimum Gasteiger partial charge on any atom is -0.396 e. The first-order valence-corrected chi connectivity index (χ1v) is 5.59. The van der Waals surface area contributed by atoms with E-state index in [0.29, 0.717) is 18.9 Å². The minimum absolute atomic E-state index is 0.100. The fraction of sp³-hybridized carbons (Fsp3) is 0.636. The molecule has 5 nitrogen and oxygen atoms in total. The van der Waals surface area contributed by atoms with Gasteiger partial charge >= 0.3 is 0 Å². The normalized spacial score (nSPS) is 12.4. The summed E-state index contributed by atoms with van der Waals surface area (Å²) in [5.74, 6) is 0.470. The summed E-state index contributed by atoms with van der Waals surface area (Å²) in [5, 5.41) is 11.8. The Morgan fingerprint density at radius 1 is 1.62 bits per heavy atom. The van der Waals surface area contributed by atoms with E-state index in [1.165, 1.54) is 0 Å². The minimum atomic E-state index is -0.102. The van der Waals surface area contributed by atoms with Crippen LogP contribution in [-0.2, 0) is 6.54 Å². The Labute approximate surface area is 95.1 Å². The molecule has 1 atom stereocenters. The summed E-state index contributed by atoms with van der Waals surface area (Å²) in [7, 11) is 0. The highest BCUT2D eigenvalue weighted by Gasteiger charge is 2.05. The first-order valence-electron chi connectivity index (χ1n) is 5.59. The molecule has 0 saturated heterocycles. The second-order valence-corrected chi connectivity index (χ2v) is 3.94. The summed E-state index contributed by atoms with van der Waals surface area (Å²) in [6.45, 7) is 5.28. The van der Waals surface area contributed by atoms with Crippen LogP contribution >= 0.6 is 0 Å². The lowest BCUT2D eigenvalue weighted by molar-refractivity contribution is 0.244. The molecule has 0 aliphatic rings. The molecule has 5 heteroatoms. The van der Waals surface area contributed by atoms with Crippen LogP contribution in [-0.4, -0.2) is 27.8 Å². The first-order chi connectivity index (χ1) is 7.69. The fourth-order valence-electron chi connectivity index (χ4n) is 1.32. The number of rotatable bonds is 6. The first kappa shape index (κ1) is 12.7. The van der Waals surface area contributed by atoms with Gasteiger partial charge in [0, 0.05) is 32.1 Å². The fourth-order valence-corrected chi connectivity index (χ4v) is 1.32. The maximum atomic E-state index is 11.8. The number of nitrogens with one attached hydrogen (secondary N) is 1. The van der Waals surface area contributed by atoms with Crippen LogP contribution in [0.25, 0.3) is 0 Å². The average Bonchev–Trinajstić information content (AvgIpc) is 2.30. The van der Waals surface area contributed by atoms with Gasteiger partial charge in [0.1, 0.15) is 0 Å². The Bertz CT molecular complexity index is 376. The summed E-state index contributed by atoms with van der Waals surface area (Å²) in [4.78, 5) is 15.8. The van der Waals surface area contributed by atoms with Crippen molar-refractivity contribution in [3.8, 4) is 0 Å². The van der Waals surface area contributed by atoms with Gasteiger partial charge in [-0.1, -0.05) is 13.8 Å². The van der Waals surface area contributed by atoms with E-state index in [1.807, 2.05) is 13.8 Å². The van der Waals surface area contributed by atoms with Crippen LogP contribution in [0, 0.1) is 5.92 Å². The van der Waals surface area contributed by atoms with Gasteiger partial charge in [0.2, 0.25) is 0 Å². The van der Waals surface area contributed by atoms with Gasteiger partial charge in [0.15, 0.2) is 5.82 Å². The molecule has 0 amide bonds. The third-order valence-corrected chi connectivity index (χ3v) is 2.31. The Kier molecular flexibility index (Phi) is 4.98. The zero-order chi connectivity index (χ0) is 12.0. The van der Waals surface area contributed by atoms with Gasteiger partial charge in [0.25, 0.3) is 5.56 Å². The third kappa shape index (κ3) is 3.34. The number of hydrogen-bond donors (Lipinski definition) is 2. The van der Waals surface area contributed by atoms with Gasteiger partial charge in [-0.15, -0.1) is 0 Å². The van der Waals surface area contributed by atoms with Crippen LogP contribution in [0.15, 0.2) is 17.2 Å². The molecule has 90 valence electrons. The molecular weight excluding hydrogens is 206 g/mol. The summed E-state index contributed by atoms with van der Waals surface area (Å²) < 4.78 is 1.64. The van der Waals surface area contributed by atoms with Crippen molar-refractivity contribution in [3.63, 3.8) is 0 Å².